The molecule has 0 N–H and O–H groups in total. The van der Waals surface area contributed by atoms with E-state index in [0.29, 0.717) is 10.0 Å². The highest BCUT2D eigenvalue weighted by molar-refractivity contribution is 9.10. The molecule has 0 spiro atoms. The Balaban J connectivity index is 2.14. The third-order valence-electron chi connectivity index (χ3n) is 2.68. The standard InChI is InChI=1S/C12H13BrFNOS/c13-10-8-9(2-3-11(10)14)12(16)15-4-1-6-17-7-5-15/h2-3,8H,1,4-7H2. The van der Waals surface area contributed by atoms with Gasteiger partial charge in [0.25, 0.3) is 5.91 Å². The first-order chi connectivity index (χ1) is 8.18. The summed E-state index contributed by atoms with van der Waals surface area (Å²) in [6, 6.07) is 4.42. The molecule has 92 valence electrons. The molecular weight excluding hydrogens is 305 g/mol. The molecule has 17 heavy (non-hydrogen) atoms. The van der Waals surface area contributed by atoms with Gasteiger partial charge in [-0.15, -0.1) is 0 Å². The molecule has 0 saturated carbocycles. The number of carbonyl (C=O) groups is 1. The second kappa shape index (κ2) is 5.87. The Hall–Kier alpha value is -0.550. The summed E-state index contributed by atoms with van der Waals surface area (Å²) in [4.78, 5) is 14.0. The second-order valence-corrected chi connectivity index (χ2v) is 5.97. The van der Waals surface area contributed by atoms with Crippen LogP contribution < -0.4 is 0 Å². The van der Waals surface area contributed by atoms with Crippen molar-refractivity contribution >= 4 is 33.6 Å². The number of benzene rings is 1. The van der Waals surface area contributed by atoms with E-state index in [-0.39, 0.29) is 11.7 Å². The SMILES string of the molecule is O=C(c1ccc(F)c(Br)c1)N1CCCSCC1. The van der Waals surface area contributed by atoms with Crippen molar-refractivity contribution in [2.75, 3.05) is 24.6 Å². The molecular formula is C12H13BrFNOS. The van der Waals surface area contributed by atoms with Gasteiger partial charge in [-0.3, -0.25) is 4.79 Å². The fraction of sp³-hybridized carbons (Fsp3) is 0.417. The zero-order valence-electron chi connectivity index (χ0n) is 9.29. The molecule has 1 aliphatic heterocycles. The first-order valence-electron chi connectivity index (χ1n) is 5.50. The van der Waals surface area contributed by atoms with Crippen LogP contribution in [0.25, 0.3) is 0 Å². The Morgan fingerprint density at radius 2 is 2.18 bits per heavy atom. The number of hydrogen-bond acceptors (Lipinski definition) is 2. The van der Waals surface area contributed by atoms with Crippen molar-refractivity contribution < 1.29 is 9.18 Å². The lowest BCUT2D eigenvalue weighted by atomic mass is 10.2. The molecule has 2 nitrogen and oxygen atoms in total. The number of amides is 1. The molecule has 1 aromatic carbocycles. The Morgan fingerprint density at radius 1 is 1.35 bits per heavy atom. The van der Waals surface area contributed by atoms with E-state index in [2.05, 4.69) is 15.9 Å². The predicted octanol–water partition coefficient (Wildman–Crippen LogP) is 3.17. The van der Waals surface area contributed by atoms with Crippen molar-refractivity contribution in [2.24, 2.45) is 0 Å². The minimum atomic E-state index is -0.340. The zero-order valence-corrected chi connectivity index (χ0v) is 11.7. The van der Waals surface area contributed by atoms with Crippen LogP contribution in [-0.2, 0) is 0 Å². The van der Waals surface area contributed by atoms with E-state index < -0.39 is 0 Å². The highest BCUT2D eigenvalue weighted by Crippen LogP contribution is 2.19. The third kappa shape index (κ3) is 3.22. The summed E-state index contributed by atoms with van der Waals surface area (Å²) in [7, 11) is 0. The molecule has 0 atom stereocenters. The van der Waals surface area contributed by atoms with Crippen LogP contribution in [-0.4, -0.2) is 35.4 Å². The summed E-state index contributed by atoms with van der Waals surface area (Å²) < 4.78 is 13.4. The van der Waals surface area contributed by atoms with Gasteiger partial charge in [-0.2, -0.15) is 11.8 Å². The van der Waals surface area contributed by atoms with Crippen LogP contribution in [0.1, 0.15) is 16.8 Å². The zero-order chi connectivity index (χ0) is 12.3. The fourth-order valence-electron chi connectivity index (χ4n) is 1.76. The first kappa shape index (κ1) is 12.9. The Bertz CT molecular complexity index is 419. The molecule has 0 radical (unpaired) electrons. The predicted molar refractivity (Wildman–Crippen MR) is 71.9 cm³/mol. The van der Waals surface area contributed by atoms with Gasteiger partial charge in [0.2, 0.25) is 0 Å². The molecule has 0 unspecified atom stereocenters. The average Bonchev–Trinajstić information content (AvgIpc) is 2.60. The Labute approximate surface area is 113 Å². The van der Waals surface area contributed by atoms with E-state index in [4.69, 9.17) is 0 Å². The number of hydrogen-bond donors (Lipinski definition) is 0. The molecule has 0 aromatic heterocycles. The third-order valence-corrected chi connectivity index (χ3v) is 4.33. The van der Waals surface area contributed by atoms with Crippen molar-refractivity contribution in [2.45, 2.75) is 6.42 Å². The van der Waals surface area contributed by atoms with Gasteiger partial charge in [0.15, 0.2) is 0 Å². The minimum absolute atomic E-state index is 0.00630. The van der Waals surface area contributed by atoms with Gasteiger partial charge in [0, 0.05) is 24.4 Å². The van der Waals surface area contributed by atoms with Crippen molar-refractivity contribution in [3.63, 3.8) is 0 Å². The highest BCUT2D eigenvalue weighted by atomic mass is 79.9. The molecule has 1 aliphatic rings. The summed E-state index contributed by atoms with van der Waals surface area (Å²) in [6.45, 7) is 1.57. The van der Waals surface area contributed by atoms with E-state index in [0.717, 1.165) is 31.0 Å². The second-order valence-electron chi connectivity index (χ2n) is 3.89. The van der Waals surface area contributed by atoms with E-state index >= 15 is 0 Å². The van der Waals surface area contributed by atoms with E-state index in [1.807, 2.05) is 16.7 Å². The van der Waals surface area contributed by atoms with E-state index in [9.17, 15) is 9.18 Å². The van der Waals surface area contributed by atoms with Gasteiger partial charge < -0.3 is 4.90 Å². The lowest BCUT2D eigenvalue weighted by Gasteiger charge is -2.20. The lowest BCUT2D eigenvalue weighted by molar-refractivity contribution is 0.0768. The molecule has 1 heterocycles. The van der Waals surface area contributed by atoms with E-state index in [1.54, 1.807) is 12.1 Å². The molecule has 1 saturated heterocycles. The normalized spacial score (nSPS) is 16.7. The van der Waals surface area contributed by atoms with Crippen LogP contribution >= 0.6 is 27.7 Å². The number of rotatable bonds is 1. The maximum atomic E-state index is 13.1. The number of halogens is 2. The summed E-state index contributed by atoms with van der Waals surface area (Å²) >= 11 is 4.98. The summed E-state index contributed by atoms with van der Waals surface area (Å²) in [5, 5.41) is 0. The molecule has 0 bridgehead atoms. The average molecular weight is 318 g/mol. The topological polar surface area (TPSA) is 20.3 Å². The molecule has 0 aliphatic carbocycles. The monoisotopic (exact) mass is 317 g/mol. The lowest BCUT2D eigenvalue weighted by Crippen LogP contribution is -2.32. The largest absolute Gasteiger partial charge is 0.338 e. The van der Waals surface area contributed by atoms with Gasteiger partial charge in [0.1, 0.15) is 5.82 Å². The van der Waals surface area contributed by atoms with Crippen molar-refractivity contribution in [3.05, 3.63) is 34.1 Å². The molecule has 1 amide bonds. The summed E-state index contributed by atoms with van der Waals surface area (Å²) in [5.74, 6) is 1.74. The van der Waals surface area contributed by atoms with Crippen molar-refractivity contribution in [1.29, 1.82) is 0 Å². The van der Waals surface area contributed by atoms with Crippen molar-refractivity contribution in [3.8, 4) is 0 Å². The van der Waals surface area contributed by atoms with Gasteiger partial charge in [-0.25, -0.2) is 4.39 Å². The Kier molecular flexibility index (Phi) is 4.45. The molecule has 2 rings (SSSR count). The van der Waals surface area contributed by atoms with Crippen LogP contribution in [0.2, 0.25) is 0 Å². The maximum absolute atomic E-state index is 13.1. The quantitative estimate of drug-likeness (QED) is 0.793. The van der Waals surface area contributed by atoms with Gasteiger partial charge in [0.05, 0.1) is 4.47 Å². The molecule has 1 aromatic rings. The smallest absolute Gasteiger partial charge is 0.253 e. The van der Waals surface area contributed by atoms with Crippen LogP contribution in [0.5, 0.6) is 0 Å². The van der Waals surface area contributed by atoms with Gasteiger partial charge in [-0.1, -0.05) is 0 Å². The van der Waals surface area contributed by atoms with Crippen molar-refractivity contribution in [1.82, 2.24) is 4.90 Å². The van der Waals surface area contributed by atoms with Crippen LogP contribution in [0.4, 0.5) is 4.39 Å². The first-order valence-corrected chi connectivity index (χ1v) is 7.45. The number of thioether (sulfide) groups is 1. The Morgan fingerprint density at radius 3 is 2.94 bits per heavy atom. The van der Waals surface area contributed by atoms with Gasteiger partial charge >= 0.3 is 0 Å². The van der Waals surface area contributed by atoms with E-state index in [1.165, 1.54) is 6.07 Å². The molecule has 5 heteroatoms. The van der Waals surface area contributed by atoms with Gasteiger partial charge in [-0.05, 0) is 46.3 Å². The van der Waals surface area contributed by atoms with Crippen LogP contribution in [0.3, 0.4) is 0 Å². The maximum Gasteiger partial charge on any atom is 0.253 e. The summed E-state index contributed by atoms with van der Waals surface area (Å²) in [6.07, 6.45) is 1.03. The minimum Gasteiger partial charge on any atom is -0.338 e. The highest BCUT2D eigenvalue weighted by Gasteiger charge is 2.18. The van der Waals surface area contributed by atoms with Crippen LogP contribution in [0.15, 0.2) is 22.7 Å². The summed E-state index contributed by atoms with van der Waals surface area (Å²) in [5.41, 5.74) is 0.546. The number of carbonyl (C=O) groups excluding carboxylic acids is 1. The fourth-order valence-corrected chi connectivity index (χ4v) is 3.03. The molecule has 1 fully saturated rings. The number of nitrogens with zero attached hydrogens (tertiary/aromatic N) is 1. The van der Waals surface area contributed by atoms with Crippen LogP contribution in [0, 0.1) is 5.82 Å².